The van der Waals surface area contributed by atoms with Crippen molar-refractivity contribution < 1.29 is 22.8 Å². The fraction of sp³-hybridized carbons (Fsp3) is 0.444. The van der Waals surface area contributed by atoms with Crippen molar-refractivity contribution in [3.63, 3.8) is 0 Å². The van der Waals surface area contributed by atoms with Gasteiger partial charge < -0.3 is 15.1 Å². The van der Waals surface area contributed by atoms with Gasteiger partial charge in [-0.25, -0.2) is 23.0 Å². The summed E-state index contributed by atoms with van der Waals surface area (Å²) in [6, 6.07) is 8.84. The van der Waals surface area contributed by atoms with Crippen LogP contribution in [0.3, 0.4) is 0 Å². The van der Waals surface area contributed by atoms with Crippen molar-refractivity contribution in [1.29, 1.82) is 0 Å². The van der Waals surface area contributed by atoms with Crippen LogP contribution in [0.15, 0.2) is 47.5 Å². The molecule has 0 aromatic heterocycles. The molecule has 2 atom stereocenters. The molecule has 0 spiro atoms. The Hall–Kier alpha value is -3.20. The molecular weight excluding hydrogens is 469 g/mol. The van der Waals surface area contributed by atoms with E-state index in [2.05, 4.69) is 15.2 Å². The van der Waals surface area contributed by atoms with Crippen molar-refractivity contribution in [2.24, 2.45) is 10.9 Å². The van der Waals surface area contributed by atoms with Crippen molar-refractivity contribution >= 4 is 17.6 Å². The molecular formula is C27H31F3N4O2. The van der Waals surface area contributed by atoms with Gasteiger partial charge in [0.05, 0.1) is 6.04 Å². The van der Waals surface area contributed by atoms with E-state index in [9.17, 15) is 22.8 Å². The predicted molar refractivity (Wildman–Crippen MR) is 131 cm³/mol. The summed E-state index contributed by atoms with van der Waals surface area (Å²) in [5.74, 6) is -2.91. The number of benzene rings is 2. The molecule has 1 saturated heterocycles. The zero-order chi connectivity index (χ0) is 25.8. The van der Waals surface area contributed by atoms with E-state index in [-0.39, 0.29) is 11.7 Å². The first-order chi connectivity index (χ1) is 17.2. The van der Waals surface area contributed by atoms with Crippen molar-refractivity contribution in [2.45, 2.75) is 38.1 Å². The van der Waals surface area contributed by atoms with E-state index in [1.165, 1.54) is 35.7 Å². The summed E-state index contributed by atoms with van der Waals surface area (Å²) in [7, 11) is 1.50. The minimum atomic E-state index is -1.03. The Morgan fingerprint density at radius 3 is 2.36 bits per heavy atom. The minimum absolute atomic E-state index is 0.220. The number of nitrogens with zero attached hydrogens (tertiary/aromatic N) is 3. The van der Waals surface area contributed by atoms with Crippen LogP contribution in [0.1, 0.15) is 49.3 Å². The molecule has 0 saturated carbocycles. The van der Waals surface area contributed by atoms with Gasteiger partial charge in [-0.3, -0.25) is 4.79 Å². The Morgan fingerprint density at radius 1 is 1.03 bits per heavy atom. The molecule has 2 aliphatic heterocycles. The molecule has 0 radical (unpaired) electrons. The number of hydrogen-bond acceptors (Lipinski definition) is 3. The summed E-state index contributed by atoms with van der Waals surface area (Å²) in [4.78, 5) is 33.0. The van der Waals surface area contributed by atoms with Gasteiger partial charge in [0.1, 0.15) is 11.7 Å². The second-order valence-electron chi connectivity index (χ2n) is 9.55. The van der Waals surface area contributed by atoms with Gasteiger partial charge in [0.15, 0.2) is 11.6 Å². The number of halogens is 3. The predicted octanol–water partition coefficient (Wildman–Crippen LogP) is 4.67. The molecule has 0 bridgehead atoms. The molecule has 9 heteroatoms. The second-order valence-corrected chi connectivity index (χ2v) is 9.55. The molecule has 4 rings (SSSR count). The number of carbonyl (C=O) groups is 2. The van der Waals surface area contributed by atoms with Gasteiger partial charge in [0.25, 0.3) is 0 Å². The number of hydrogen-bond donors (Lipinski definition) is 1. The van der Waals surface area contributed by atoms with E-state index in [0.717, 1.165) is 51.0 Å². The Kier molecular flexibility index (Phi) is 8.08. The average molecular weight is 501 g/mol. The third-order valence-corrected chi connectivity index (χ3v) is 7.20. The van der Waals surface area contributed by atoms with Crippen LogP contribution in [0.4, 0.5) is 18.0 Å². The Labute approximate surface area is 209 Å². The van der Waals surface area contributed by atoms with Crippen molar-refractivity contribution in [3.8, 4) is 0 Å². The highest BCUT2D eigenvalue weighted by Gasteiger charge is 2.40. The van der Waals surface area contributed by atoms with Crippen LogP contribution in [0, 0.1) is 23.4 Å². The number of likely N-dealkylation sites (tertiary alicyclic amines) is 1. The molecule has 2 aromatic rings. The lowest BCUT2D eigenvalue weighted by molar-refractivity contribution is -0.124. The summed E-state index contributed by atoms with van der Waals surface area (Å²) in [6.07, 6.45) is 2.76. The maximum absolute atomic E-state index is 13.9. The number of carbonyl (C=O) groups excluding carboxylic acids is 2. The number of nitrogens with one attached hydrogen (secondary N) is 1. The van der Waals surface area contributed by atoms with Crippen LogP contribution in [-0.2, 0) is 4.79 Å². The zero-order valence-corrected chi connectivity index (χ0v) is 20.5. The van der Waals surface area contributed by atoms with Gasteiger partial charge in [-0.05, 0) is 87.1 Å². The molecule has 1 fully saturated rings. The maximum Gasteiger partial charge on any atom is 0.343 e. The van der Waals surface area contributed by atoms with Gasteiger partial charge in [-0.2, -0.15) is 0 Å². The summed E-state index contributed by atoms with van der Waals surface area (Å²) in [5.41, 5.74) is 1.85. The number of amides is 3. The average Bonchev–Trinajstić information content (AvgIpc) is 2.86. The fourth-order valence-electron chi connectivity index (χ4n) is 5.16. The largest absolute Gasteiger partial charge is 0.355 e. The number of urea groups is 1. The molecule has 3 amide bonds. The van der Waals surface area contributed by atoms with Crippen molar-refractivity contribution in [2.75, 3.05) is 33.2 Å². The number of piperidine rings is 1. The first-order valence-electron chi connectivity index (χ1n) is 12.3. The smallest absolute Gasteiger partial charge is 0.343 e. The molecule has 0 aliphatic carbocycles. The standard InChI is InChI=1S/C27H31F3N4O2/c1-17-24(25(33(2)27(36)32-17)20-6-9-22(29)23(30)16-20)26(35)31-12-3-13-34-14-10-19(11-15-34)18-4-7-21(28)8-5-18/h4-9,16,19,24-25H,3,10-15H2,1-2H3,(H,31,35)/t24?,25-/m1/s1. The van der Waals surface area contributed by atoms with Crippen LogP contribution in [0.2, 0.25) is 0 Å². The Balaban J connectivity index is 1.30. The highest BCUT2D eigenvalue weighted by molar-refractivity contribution is 6.09. The lowest BCUT2D eigenvalue weighted by atomic mass is 9.86. The monoisotopic (exact) mass is 500 g/mol. The molecule has 2 heterocycles. The summed E-state index contributed by atoms with van der Waals surface area (Å²) < 4.78 is 40.6. The van der Waals surface area contributed by atoms with Gasteiger partial charge in [0, 0.05) is 19.3 Å². The van der Waals surface area contributed by atoms with E-state index >= 15 is 0 Å². The van der Waals surface area contributed by atoms with E-state index in [0.29, 0.717) is 23.7 Å². The minimum Gasteiger partial charge on any atom is -0.355 e. The van der Waals surface area contributed by atoms with Crippen LogP contribution in [0.25, 0.3) is 0 Å². The zero-order valence-electron chi connectivity index (χ0n) is 20.5. The first kappa shape index (κ1) is 25.9. The molecule has 2 aliphatic rings. The van der Waals surface area contributed by atoms with Crippen LogP contribution in [0.5, 0.6) is 0 Å². The van der Waals surface area contributed by atoms with E-state index < -0.39 is 29.6 Å². The molecule has 6 nitrogen and oxygen atoms in total. The van der Waals surface area contributed by atoms with E-state index in [1.807, 2.05) is 12.1 Å². The molecule has 2 aromatic carbocycles. The van der Waals surface area contributed by atoms with Crippen molar-refractivity contribution in [3.05, 3.63) is 71.0 Å². The topological polar surface area (TPSA) is 65.0 Å². The summed E-state index contributed by atoms with van der Waals surface area (Å²) >= 11 is 0. The fourth-order valence-corrected chi connectivity index (χ4v) is 5.16. The highest BCUT2D eigenvalue weighted by atomic mass is 19.2. The third-order valence-electron chi connectivity index (χ3n) is 7.20. The molecule has 36 heavy (non-hydrogen) atoms. The number of rotatable bonds is 7. The van der Waals surface area contributed by atoms with Gasteiger partial charge in [0.2, 0.25) is 5.91 Å². The quantitative estimate of drug-likeness (QED) is 0.562. The molecule has 1 N–H and O–H groups in total. The van der Waals surface area contributed by atoms with E-state index in [4.69, 9.17) is 0 Å². The van der Waals surface area contributed by atoms with Crippen LogP contribution in [-0.4, -0.2) is 60.7 Å². The maximum atomic E-state index is 13.9. The Bertz CT molecular complexity index is 1130. The van der Waals surface area contributed by atoms with Crippen LogP contribution >= 0.6 is 0 Å². The second kappa shape index (κ2) is 11.2. The highest BCUT2D eigenvalue weighted by Crippen LogP contribution is 2.34. The summed E-state index contributed by atoms with van der Waals surface area (Å²) in [6.45, 7) is 4.76. The van der Waals surface area contributed by atoms with Crippen molar-refractivity contribution in [1.82, 2.24) is 15.1 Å². The first-order valence-corrected chi connectivity index (χ1v) is 12.3. The SMILES string of the molecule is CC1=NC(=O)N(C)[C@H](c2ccc(F)c(F)c2)C1C(=O)NCCCN1CCC(c2ccc(F)cc2)CC1. The third kappa shape index (κ3) is 5.78. The lowest BCUT2D eigenvalue weighted by Gasteiger charge is -2.36. The van der Waals surface area contributed by atoms with Gasteiger partial charge in [-0.1, -0.05) is 18.2 Å². The summed E-state index contributed by atoms with van der Waals surface area (Å²) in [5, 5.41) is 2.94. The Morgan fingerprint density at radius 2 is 1.69 bits per heavy atom. The van der Waals surface area contributed by atoms with Gasteiger partial charge in [-0.15, -0.1) is 0 Å². The van der Waals surface area contributed by atoms with E-state index in [1.54, 1.807) is 6.92 Å². The number of aliphatic imine (C=N–C) groups is 1. The van der Waals surface area contributed by atoms with Gasteiger partial charge >= 0.3 is 6.03 Å². The molecule has 1 unspecified atom stereocenters. The lowest BCUT2D eigenvalue weighted by Crippen LogP contribution is -2.48. The van der Waals surface area contributed by atoms with Crippen LogP contribution < -0.4 is 5.32 Å². The normalized spacial score (nSPS) is 21.4. The molecule has 192 valence electrons.